The van der Waals surface area contributed by atoms with Crippen molar-refractivity contribution < 1.29 is 9.59 Å². The molecule has 0 spiro atoms. The van der Waals surface area contributed by atoms with Gasteiger partial charge in [-0.1, -0.05) is 24.3 Å². The van der Waals surface area contributed by atoms with E-state index in [2.05, 4.69) is 21.3 Å². The number of aromatic nitrogens is 1. The number of hydrogen-bond donors (Lipinski definition) is 2. The van der Waals surface area contributed by atoms with Crippen molar-refractivity contribution in [3.05, 3.63) is 74.7 Å². The Morgan fingerprint density at radius 2 is 1.75 bits per heavy atom. The molecule has 0 aliphatic heterocycles. The van der Waals surface area contributed by atoms with Crippen molar-refractivity contribution in [3.8, 4) is 0 Å². The zero-order valence-corrected chi connectivity index (χ0v) is 17.4. The van der Waals surface area contributed by atoms with Crippen LogP contribution in [0.25, 0.3) is 0 Å². The van der Waals surface area contributed by atoms with Crippen LogP contribution in [0.4, 0.5) is 5.69 Å². The molecule has 0 aliphatic rings. The Hall–Kier alpha value is -2.86. The molecule has 0 bridgehead atoms. The van der Waals surface area contributed by atoms with E-state index in [1.807, 2.05) is 63.4 Å². The van der Waals surface area contributed by atoms with Gasteiger partial charge >= 0.3 is 0 Å². The summed E-state index contributed by atoms with van der Waals surface area (Å²) in [5.41, 5.74) is 5.33. The molecule has 0 unspecified atom stereocenters. The lowest BCUT2D eigenvalue weighted by Crippen LogP contribution is -2.33. The second kappa shape index (κ2) is 8.44. The Bertz CT molecular complexity index is 983. The molecule has 0 atom stereocenters. The van der Waals surface area contributed by atoms with E-state index in [4.69, 9.17) is 0 Å². The van der Waals surface area contributed by atoms with Gasteiger partial charge in [0.25, 0.3) is 5.91 Å². The molecule has 6 heteroatoms. The van der Waals surface area contributed by atoms with Crippen LogP contribution < -0.4 is 10.6 Å². The molecule has 2 aromatic heterocycles. The number of carbonyl (C=O) groups excluding carboxylic acids is 2. The molecule has 2 heterocycles. The van der Waals surface area contributed by atoms with Crippen molar-refractivity contribution in [3.63, 3.8) is 0 Å². The number of thiophene rings is 1. The van der Waals surface area contributed by atoms with Gasteiger partial charge in [-0.2, -0.15) is 0 Å². The summed E-state index contributed by atoms with van der Waals surface area (Å²) in [5, 5.41) is 7.67. The predicted octanol–water partition coefficient (Wildman–Crippen LogP) is 4.20. The fraction of sp³-hybridized carbons (Fsp3) is 0.273. The number of amides is 2. The zero-order chi connectivity index (χ0) is 20.3. The molecule has 146 valence electrons. The highest BCUT2D eigenvalue weighted by atomic mass is 32.1. The fourth-order valence-electron chi connectivity index (χ4n) is 3.28. The molecule has 0 fully saturated rings. The quantitative estimate of drug-likeness (QED) is 0.657. The molecule has 1 aromatic carbocycles. The van der Waals surface area contributed by atoms with Gasteiger partial charge in [-0.25, -0.2) is 0 Å². The number of carbonyl (C=O) groups is 2. The second-order valence-corrected chi connectivity index (χ2v) is 7.98. The summed E-state index contributed by atoms with van der Waals surface area (Å²) in [6.07, 6.45) is 0. The molecular weight excluding hydrogens is 370 g/mol. The van der Waals surface area contributed by atoms with Crippen LogP contribution in [0.15, 0.2) is 41.8 Å². The predicted molar refractivity (Wildman–Crippen MR) is 114 cm³/mol. The van der Waals surface area contributed by atoms with Crippen LogP contribution in [0.2, 0.25) is 0 Å². The lowest BCUT2D eigenvalue weighted by atomic mass is 10.1. The average Bonchev–Trinajstić information content (AvgIpc) is 3.26. The lowest BCUT2D eigenvalue weighted by molar-refractivity contribution is -0.115. The molecule has 0 saturated carbocycles. The Kier molecular flexibility index (Phi) is 5.99. The lowest BCUT2D eigenvalue weighted by Gasteiger charge is -2.12. The van der Waals surface area contributed by atoms with Crippen molar-refractivity contribution in [2.45, 2.75) is 34.2 Å². The summed E-state index contributed by atoms with van der Waals surface area (Å²) < 4.78 is 2.12. The second-order valence-electron chi connectivity index (χ2n) is 6.95. The van der Waals surface area contributed by atoms with Crippen LogP contribution in [-0.4, -0.2) is 22.9 Å². The van der Waals surface area contributed by atoms with Crippen molar-refractivity contribution in [1.29, 1.82) is 0 Å². The van der Waals surface area contributed by atoms with Crippen LogP contribution in [0.5, 0.6) is 0 Å². The Morgan fingerprint density at radius 3 is 2.39 bits per heavy atom. The number of hydrogen-bond acceptors (Lipinski definition) is 3. The standard InChI is InChI=1S/C22H25N3O2S/c1-14-7-5-8-15(2)21(14)24-20(26)12-23-22(27)19-11-16(3)25(17(19)4)13-18-9-6-10-28-18/h5-11H,12-13H2,1-4H3,(H,23,27)(H,24,26). The number of para-hydroxylation sites is 1. The van der Waals surface area contributed by atoms with Crippen LogP contribution in [0, 0.1) is 27.7 Å². The summed E-state index contributed by atoms with van der Waals surface area (Å²) in [7, 11) is 0. The van der Waals surface area contributed by atoms with E-state index < -0.39 is 0 Å². The number of nitrogens with one attached hydrogen (secondary N) is 2. The topological polar surface area (TPSA) is 63.1 Å². The summed E-state index contributed by atoms with van der Waals surface area (Å²) in [6.45, 7) is 8.50. The monoisotopic (exact) mass is 395 g/mol. The van der Waals surface area contributed by atoms with E-state index in [0.717, 1.165) is 34.7 Å². The summed E-state index contributed by atoms with van der Waals surface area (Å²) in [4.78, 5) is 26.2. The maximum absolute atomic E-state index is 12.6. The normalized spacial score (nSPS) is 10.7. The third-order valence-corrected chi connectivity index (χ3v) is 5.73. The molecule has 28 heavy (non-hydrogen) atoms. The third-order valence-electron chi connectivity index (χ3n) is 4.87. The SMILES string of the molecule is Cc1cccc(C)c1NC(=O)CNC(=O)c1cc(C)n(Cc2cccs2)c1C. The van der Waals surface area contributed by atoms with Gasteiger partial charge in [0.05, 0.1) is 18.7 Å². The molecule has 3 rings (SSSR count). The number of benzene rings is 1. The van der Waals surface area contributed by atoms with Gasteiger partial charge < -0.3 is 15.2 Å². The summed E-state index contributed by atoms with van der Waals surface area (Å²) in [5.74, 6) is -0.472. The average molecular weight is 396 g/mol. The Morgan fingerprint density at radius 1 is 1.04 bits per heavy atom. The number of nitrogens with zero attached hydrogens (tertiary/aromatic N) is 1. The first kappa shape index (κ1) is 19.9. The maximum Gasteiger partial charge on any atom is 0.253 e. The molecule has 3 aromatic rings. The van der Waals surface area contributed by atoms with Gasteiger partial charge in [-0.3, -0.25) is 9.59 Å². The summed E-state index contributed by atoms with van der Waals surface area (Å²) >= 11 is 1.70. The van der Waals surface area contributed by atoms with Gasteiger partial charge in [0.15, 0.2) is 0 Å². The minimum Gasteiger partial charge on any atom is -0.343 e. The van der Waals surface area contributed by atoms with E-state index >= 15 is 0 Å². The van der Waals surface area contributed by atoms with Gasteiger partial charge in [0.2, 0.25) is 5.91 Å². The third kappa shape index (κ3) is 4.34. The first-order chi connectivity index (χ1) is 13.4. The molecule has 5 nitrogen and oxygen atoms in total. The van der Waals surface area contributed by atoms with Gasteiger partial charge in [-0.15, -0.1) is 11.3 Å². The van der Waals surface area contributed by atoms with Crippen LogP contribution in [-0.2, 0) is 11.3 Å². The molecule has 0 saturated heterocycles. The van der Waals surface area contributed by atoms with Crippen LogP contribution in [0.1, 0.15) is 37.7 Å². The molecule has 2 N–H and O–H groups in total. The maximum atomic E-state index is 12.6. The van der Waals surface area contributed by atoms with Crippen molar-refractivity contribution in [1.82, 2.24) is 9.88 Å². The van der Waals surface area contributed by atoms with Crippen LogP contribution >= 0.6 is 11.3 Å². The smallest absolute Gasteiger partial charge is 0.253 e. The number of rotatable bonds is 6. The minimum absolute atomic E-state index is 0.0683. The Balaban J connectivity index is 1.64. The molecule has 0 radical (unpaired) electrons. The fourth-order valence-corrected chi connectivity index (χ4v) is 3.98. The number of aryl methyl sites for hydroxylation is 3. The summed E-state index contributed by atoms with van der Waals surface area (Å²) in [6, 6.07) is 11.8. The molecular formula is C22H25N3O2S. The number of anilines is 1. The van der Waals surface area contributed by atoms with Gasteiger partial charge in [-0.05, 0) is 56.3 Å². The van der Waals surface area contributed by atoms with E-state index in [1.54, 1.807) is 11.3 Å². The first-order valence-corrected chi connectivity index (χ1v) is 10.1. The van der Waals surface area contributed by atoms with Crippen molar-refractivity contribution in [2.24, 2.45) is 0 Å². The molecule has 2 amide bonds. The highest BCUT2D eigenvalue weighted by molar-refractivity contribution is 7.09. The largest absolute Gasteiger partial charge is 0.343 e. The van der Waals surface area contributed by atoms with E-state index in [0.29, 0.717) is 5.56 Å². The highest BCUT2D eigenvalue weighted by Crippen LogP contribution is 2.20. The van der Waals surface area contributed by atoms with E-state index in [9.17, 15) is 9.59 Å². The van der Waals surface area contributed by atoms with Gasteiger partial charge in [0, 0.05) is 22.0 Å². The Labute approximate surface area is 169 Å². The minimum atomic E-state index is -0.238. The van der Waals surface area contributed by atoms with Crippen LogP contribution in [0.3, 0.4) is 0 Å². The van der Waals surface area contributed by atoms with Crippen molar-refractivity contribution in [2.75, 3.05) is 11.9 Å². The zero-order valence-electron chi connectivity index (χ0n) is 16.6. The first-order valence-electron chi connectivity index (χ1n) is 9.20. The highest BCUT2D eigenvalue weighted by Gasteiger charge is 2.17. The van der Waals surface area contributed by atoms with Crippen molar-refractivity contribution >= 4 is 28.8 Å². The van der Waals surface area contributed by atoms with E-state index in [-0.39, 0.29) is 18.4 Å². The molecule has 0 aliphatic carbocycles. The van der Waals surface area contributed by atoms with E-state index in [1.165, 1.54) is 4.88 Å². The van der Waals surface area contributed by atoms with Gasteiger partial charge in [0.1, 0.15) is 0 Å².